The predicted octanol–water partition coefficient (Wildman–Crippen LogP) is 19.8. The molecule has 0 aromatic carbocycles. The SMILES string of the molecule is CC/C=C/C=C/C=C/CCCCCCCC(=O)OCC(COC(=O)CCCCCCCCCCCC/C=C/C=C/CCCCC)OC(=O)CCCCCCCCC/C=C/CCCCCCCCCC. The summed E-state index contributed by atoms with van der Waals surface area (Å²) in [5.41, 5.74) is 0. The molecule has 0 bridgehead atoms. The Morgan fingerprint density at radius 3 is 0.957 bits per heavy atom. The van der Waals surface area contributed by atoms with Gasteiger partial charge in [-0.25, -0.2) is 0 Å². The van der Waals surface area contributed by atoms with E-state index in [0.29, 0.717) is 19.3 Å². The summed E-state index contributed by atoms with van der Waals surface area (Å²) in [4.78, 5) is 38.2. The lowest BCUT2D eigenvalue weighted by Crippen LogP contribution is -2.30. The zero-order valence-electron chi connectivity index (χ0n) is 45.6. The number of carbonyl (C=O) groups is 3. The van der Waals surface area contributed by atoms with Gasteiger partial charge in [-0.05, 0) is 89.9 Å². The maximum absolute atomic E-state index is 12.9. The number of hydrogen-bond acceptors (Lipinski definition) is 6. The summed E-state index contributed by atoms with van der Waals surface area (Å²) in [6.45, 7) is 6.48. The molecule has 0 fully saturated rings. The van der Waals surface area contributed by atoms with Gasteiger partial charge in [0.1, 0.15) is 13.2 Å². The lowest BCUT2D eigenvalue weighted by Gasteiger charge is -2.18. The van der Waals surface area contributed by atoms with Gasteiger partial charge in [0.2, 0.25) is 0 Å². The smallest absolute Gasteiger partial charge is 0.306 e. The van der Waals surface area contributed by atoms with Crippen LogP contribution in [-0.2, 0) is 28.6 Å². The van der Waals surface area contributed by atoms with Gasteiger partial charge in [-0.2, -0.15) is 0 Å². The lowest BCUT2D eigenvalue weighted by molar-refractivity contribution is -0.167. The monoisotopic (exact) mass is 963 g/mol. The topological polar surface area (TPSA) is 78.9 Å². The largest absolute Gasteiger partial charge is 0.462 e. The van der Waals surface area contributed by atoms with Crippen molar-refractivity contribution in [3.63, 3.8) is 0 Å². The minimum absolute atomic E-state index is 0.0849. The Morgan fingerprint density at radius 2 is 0.580 bits per heavy atom. The Kier molecular flexibility index (Phi) is 54.8. The summed E-state index contributed by atoms with van der Waals surface area (Å²) < 4.78 is 16.9. The van der Waals surface area contributed by atoms with E-state index in [1.165, 1.54) is 167 Å². The maximum Gasteiger partial charge on any atom is 0.306 e. The molecule has 0 aromatic rings. The van der Waals surface area contributed by atoms with Crippen molar-refractivity contribution in [3.8, 4) is 0 Å². The van der Waals surface area contributed by atoms with Crippen molar-refractivity contribution in [1.29, 1.82) is 0 Å². The second-order valence-electron chi connectivity index (χ2n) is 19.6. The molecule has 0 aliphatic carbocycles. The molecular weight excluding hydrogens is 853 g/mol. The molecule has 0 aromatic heterocycles. The second-order valence-corrected chi connectivity index (χ2v) is 19.6. The molecule has 0 aliphatic rings. The van der Waals surface area contributed by atoms with E-state index < -0.39 is 6.10 Å². The van der Waals surface area contributed by atoms with Crippen molar-refractivity contribution in [2.75, 3.05) is 13.2 Å². The zero-order chi connectivity index (χ0) is 50.0. The molecular formula is C63H110O6. The highest BCUT2D eigenvalue weighted by atomic mass is 16.6. The number of carbonyl (C=O) groups excluding carboxylic acids is 3. The molecule has 69 heavy (non-hydrogen) atoms. The second kappa shape index (κ2) is 57.4. The number of allylic oxidation sites excluding steroid dienone is 12. The van der Waals surface area contributed by atoms with Crippen molar-refractivity contribution < 1.29 is 28.6 Å². The van der Waals surface area contributed by atoms with Crippen LogP contribution in [0.15, 0.2) is 72.9 Å². The molecule has 0 saturated heterocycles. The van der Waals surface area contributed by atoms with Crippen molar-refractivity contribution in [3.05, 3.63) is 72.9 Å². The van der Waals surface area contributed by atoms with Crippen LogP contribution in [-0.4, -0.2) is 37.2 Å². The van der Waals surface area contributed by atoms with E-state index in [1.807, 2.05) is 0 Å². The Balaban J connectivity index is 4.37. The molecule has 0 heterocycles. The van der Waals surface area contributed by atoms with Crippen LogP contribution in [0.2, 0.25) is 0 Å². The van der Waals surface area contributed by atoms with E-state index in [2.05, 4.69) is 93.7 Å². The van der Waals surface area contributed by atoms with Crippen LogP contribution < -0.4 is 0 Å². The molecule has 0 radical (unpaired) electrons. The molecule has 6 heteroatoms. The van der Waals surface area contributed by atoms with Crippen LogP contribution in [0.5, 0.6) is 0 Å². The summed E-state index contributed by atoms with van der Waals surface area (Å²) in [5, 5.41) is 0. The summed E-state index contributed by atoms with van der Waals surface area (Å²) in [6.07, 6.45) is 73.2. The Morgan fingerprint density at radius 1 is 0.304 bits per heavy atom. The van der Waals surface area contributed by atoms with E-state index >= 15 is 0 Å². The Bertz CT molecular complexity index is 1290. The van der Waals surface area contributed by atoms with Crippen LogP contribution in [0.3, 0.4) is 0 Å². The van der Waals surface area contributed by atoms with E-state index in [0.717, 1.165) is 83.5 Å². The van der Waals surface area contributed by atoms with E-state index in [9.17, 15) is 14.4 Å². The van der Waals surface area contributed by atoms with E-state index in [1.54, 1.807) is 0 Å². The van der Waals surface area contributed by atoms with Crippen LogP contribution in [0, 0.1) is 0 Å². The van der Waals surface area contributed by atoms with Gasteiger partial charge in [0.05, 0.1) is 0 Å². The van der Waals surface area contributed by atoms with Gasteiger partial charge in [0.25, 0.3) is 0 Å². The average molecular weight is 964 g/mol. The number of esters is 3. The Labute approximate surface area is 427 Å². The van der Waals surface area contributed by atoms with Gasteiger partial charge in [-0.1, -0.05) is 254 Å². The summed E-state index contributed by atoms with van der Waals surface area (Å²) >= 11 is 0. The fourth-order valence-electron chi connectivity index (χ4n) is 8.31. The molecule has 398 valence electrons. The van der Waals surface area contributed by atoms with Crippen molar-refractivity contribution in [1.82, 2.24) is 0 Å². The Hall–Kier alpha value is -3.15. The van der Waals surface area contributed by atoms with Gasteiger partial charge in [0.15, 0.2) is 6.10 Å². The van der Waals surface area contributed by atoms with Gasteiger partial charge >= 0.3 is 17.9 Å². The lowest BCUT2D eigenvalue weighted by atomic mass is 10.1. The summed E-state index contributed by atoms with van der Waals surface area (Å²) in [7, 11) is 0. The molecule has 0 N–H and O–H groups in total. The number of ether oxygens (including phenoxy) is 3. The molecule has 0 amide bonds. The molecule has 0 spiro atoms. The molecule has 0 rings (SSSR count). The van der Waals surface area contributed by atoms with Crippen molar-refractivity contribution in [2.24, 2.45) is 0 Å². The van der Waals surface area contributed by atoms with E-state index in [-0.39, 0.29) is 31.1 Å². The first-order valence-electron chi connectivity index (χ1n) is 29.5. The van der Waals surface area contributed by atoms with Crippen LogP contribution in [0.25, 0.3) is 0 Å². The fraction of sp³-hybridized carbons (Fsp3) is 0.762. The van der Waals surface area contributed by atoms with Crippen LogP contribution in [0.1, 0.15) is 290 Å². The molecule has 1 atom stereocenters. The van der Waals surface area contributed by atoms with Gasteiger partial charge < -0.3 is 14.2 Å². The number of rotatable bonds is 53. The zero-order valence-corrected chi connectivity index (χ0v) is 45.6. The average Bonchev–Trinajstić information content (AvgIpc) is 3.35. The standard InChI is InChI=1S/C63H110O6/c1-4-7-10-13-16-19-22-25-27-29-31-33-35-38-41-44-47-50-53-56-62(65)68-59-60(58-67-61(64)55-52-49-46-43-40-37-24-21-18-15-12-9-6-3)69-63(66)57-54-51-48-45-42-39-36-34-32-30-28-26-23-20-17-14-11-8-5-2/h9,12,15-16,18-19,21-22,24-25,30,32,60H,4-8,10-11,13-14,17,20,23,26-29,31,33-59H2,1-3H3/b12-9+,18-15+,19-16+,24-21+,25-22+,32-30+. The fourth-order valence-corrected chi connectivity index (χ4v) is 8.31. The first kappa shape index (κ1) is 65.8. The van der Waals surface area contributed by atoms with Gasteiger partial charge in [0, 0.05) is 19.3 Å². The highest BCUT2D eigenvalue weighted by molar-refractivity contribution is 5.71. The first-order chi connectivity index (χ1) is 34.0. The molecule has 0 saturated carbocycles. The molecule has 1 unspecified atom stereocenters. The summed E-state index contributed by atoms with van der Waals surface area (Å²) in [5.74, 6) is -0.904. The van der Waals surface area contributed by atoms with Gasteiger partial charge in [-0.3, -0.25) is 14.4 Å². The van der Waals surface area contributed by atoms with Crippen molar-refractivity contribution in [2.45, 2.75) is 297 Å². The number of hydrogen-bond donors (Lipinski definition) is 0. The molecule has 6 nitrogen and oxygen atoms in total. The minimum Gasteiger partial charge on any atom is -0.462 e. The third-order valence-electron chi connectivity index (χ3n) is 12.8. The predicted molar refractivity (Wildman–Crippen MR) is 298 cm³/mol. The van der Waals surface area contributed by atoms with Crippen LogP contribution in [0.4, 0.5) is 0 Å². The highest BCUT2D eigenvalue weighted by Crippen LogP contribution is 2.16. The minimum atomic E-state index is -0.788. The summed E-state index contributed by atoms with van der Waals surface area (Å²) in [6, 6.07) is 0. The van der Waals surface area contributed by atoms with Crippen LogP contribution >= 0.6 is 0 Å². The normalized spacial score (nSPS) is 12.6. The highest BCUT2D eigenvalue weighted by Gasteiger charge is 2.19. The molecule has 0 aliphatic heterocycles. The maximum atomic E-state index is 12.9. The van der Waals surface area contributed by atoms with Crippen molar-refractivity contribution >= 4 is 17.9 Å². The third-order valence-corrected chi connectivity index (χ3v) is 12.8. The number of unbranched alkanes of at least 4 members (excludes halogenated alkanes) is 33. The van der Waals surface area contributed by atoms with Gasteiger partial charge in [-0.15, -0.1) is 0 Å². The first-order valence-corrected chi connectivity index (χ1v) is 29.5. The van der Waals surface area contributed by atoms with E-state index in [4.69, 9.17) is 14.2 Å². The third kappa shape index (κ3) is 55.6. The quantitative estimate of drug-likeness (QED) is 0.0199.